The van der Waals surface area contributed by atoms with Crippen molar-refractivity contribution in [3.05, 3.63) is 23.3 Å². The van der Waals surface area contributed by atoms with Crippen LogP contribution in [-0.4, -0.2) is 13.2 Å². The minimum absolute atomic E-state index is 0.161. The Bertz CT molecular complexity index is 542. The highest BCUT2D eigenvalue weighted by atomic mass is 16.5. The third-order valence-electron chi connectivity index (χ3n) is 5.35. The SMILES string of the molecule is Cc1cc2c(cc1C1(N)CCCC1)OCC1(CC1)CO2. The van der Waals surface area contributed by atoms with Gasteiger partial charge in [0.2, 0.25) is 0 Å². The van der Waals surface area contributed by atoms with E-state index in [1.807, 2.05) is 0 Å². The molecule has 108 valence electrons. The first-order valence-electron chi connectivity index (χ1n) is 7.80. The molecular formula is C17H23NO2. The zero-order valence-electron chi connectivity index (χ0n) is 12.2. The van der Waals surface area contributed by atoms with Gasteiger partial charge in [-0.2, -0.15) is 0 Å². The number of nitrogens with two attached hydrogens (primary N) is 1. The number of benzene rings is 1. The summed E-state index contributed by atoms with van der Waals surface area (Å²) in [7, 11) is 0. The number of rotatable bonds is 1. The lowest BCUT2D eigenvalue weighted by Crippen LogP contribution is -2.33. The maximum atomic E-state index is 6.62. The summed E-state index contributed by atoms with van der Waals surface area (Å²) < 4.78 is 12.0. The Morgan fingerprint density at radius 1 is 0.950 bits per heavy atom. The first-order chi connectivity index (χ1) is 9.60. The number of fused-ring (bicyclic) bond motifs is 1. The van der Waals surface area contributed by atoms with E-state index >= 15 is 0 Å². The van der Waals surface area contributed by atoms with Gasteiger partial charge in [0, 0.05) is 11.0 Å². The van der Waals surface area contributed by atoms with Crippen LogP contribution in [0.2, 0.25) is 0 Å². The first kappa shape index (κ1) is 12.5. The van der Waals surface area contributed by atoms with Crippen LogP contribution in [0, 0.1) is 12.3 Å². The van der Waals surface area contributed by atoms with Crippen molar-refractivity contribution in [1.82, 2.24) is 0 Å². The van der Waals surface area contributed by atoms with Crippen molar-refractivity contribution < 1.29 is 9.47 Å². The third-order valence-corrected chi connectivity index (χ3v) is 5.35. The number of hydrogen-bond donors (Lipinski definition) is 1. The molecule has 1 heterocycles. The quantitative estimate of drug-likeness (QED) is 0.854. The zero-order valence-corrected chi connectivity index (χ0v) is 12.2. The molecule has 3 aliphatic rings. The van der Waals surface area contributed by atoms with E-state index in [4.69, 9.17) is 15.2 Å². The van der Waals surface area contributed by atoms with E-state index in [-0.39, 0.29) is 5.54 Å². The molecule has 3 heteroatoms. The van der Waals surface area contributed by atoms with Gasteiger partial charge in [-0.05, 0) is 55.9 Å². The lowest BCUT2D eigenvalue weighted by Gasteiger charge is -2.27. The second-order valence-corrected chi connectivity index (χ2v) is 7.05. The largest absolute Gasteiger partial charge is 0.489 e. The maximum Gasteiger partial charge on any atom is 0.161 e. The van der Waals surface area contributed by atoms with Gasteiger partial charge in [-0.3, -0.25) is 0 Å². The van der Waals surface area contributed by atoms with E-state index in [1.54, 1.807) is 0 Å². The van der Waals surface area contributed by atoms with E-state index in [0.29, 0.717) is 5.41 Å². The summed E-state index contributed by atoms with van der Waals surface area (Å²) in [5, 5.41) is 0. The normalized spacial score (nSPS) is 25.5. The van der Waals surface area contributed by atoms with Crippen molar-refractivity contribution in [2.24, 2.45) is 11.1 Å². The van der Waals surface area contributed by atoms with Crippen molar-refractivity contribution in [2.75, 3.05) is 13.2 Å². The molecule has 1 aromatic rings. The van der Waals surface area contributed by atoms with E-state index in [0.717, 1.165) is 37.6 Å². The van der Waals surface area contributed by atoms with Crippen LogP contribution >= 0.6 is 0 Å². The molecule has 20 heavy (non-hydrogen) atoms. The molecule has 0 unspecified atom stereocenters. The highest BCUT2D eigenvalue weighted by Crippen LogP contribution is 2.50. The molecule has 1 aromatic carbocycles. The molecule has 1 aliphatic heterocycles. The van der Waals surface area contributed by atoms with Gasteiger partial charge in [-0.25, -0.2) is 0 Å². The summed E-state index contributed by atoms with van der Waals surface area (Å²) in [5.74, 6) is 1.79. The Balaban J connectivity index is 1.71. The highest BCUT2D eigenvalue weighted by Gasteiger charge is 2.46. The molecule has 0 radical (unpaired) electrons. The molecule has 4 rings (SSSR count). The first-order valence-corrected chi connectivity index (χ1v) is 7.80. The van der Waals surface area contributed by atoms with Crippen LogP contribution in [0.4, 0.5) is 0 Å². The van der Waals surface area contributed by atoms with Crippen LogP contribution in [0.3, 0.4) is 0 Å². The minimum Gasteiger partial charge on any atom is -0.489 e. The van der Waals surface area contributed by atoms with Crippen LogP contribution in [0.5, 0.6) is 11.5 Å². The van der Waals surface area contributed by atoms with Crippen LogP contribution in [0.25, 0.3) is 0 Å². The Kier molecular flexibility index (Phi) is 2.59. The predicted molar refractivity (Wildman–Crippen MR) is 78.2 cm³/mol. The summed E-state index contributed by atoms with van der Waals surface area (Å²) in [6, 6.07) is 4.27. The lowest BCUT2D eigenvalue weighted by molar-refractivity contribution is 0.197. The van der Waals surface area contributed by atoms with Crippen LogP contribution in [0.1, 0.15) is 49.7 Å². The minimum atomic E-state index is -0.161. The molecule has 1 spiro atoms. The van der Waals surface area contributed by atoms with Crippen LogP contribution in [0.15, 0.2) is 12.1 Å². The maximum absolute atomic E-state index is 6.62. The molecule has 0 atom stereocenters. The number of hydrogen-bond acceptors (Lipinski definition) is 3. The van der Waals surface area contributed by atoms with Gasteiger partial charge in [0.05, 0.1) is 13.2 Å². The zero-order chi connectivity index (χ0) is 13.8. The van der Waals surface area contributed by atoms with Crippen LogP contribution < -0.4 is 15.2 Å². The fourth-order valence-electron chi connectivity index (χ4n) is 3.67. The monoisotopic (exact) mass is 273 g/mol. The van der Waals surface area contributed by atoms with Crippen molar-refractivity contribution in [2.45, 2.75) is 51.0 Å². The molecule has 0 amide bonds. The Hall–Kier alpha value is -1.22. The second kappa shape index (κ2) is 4.14. The molecule has 3 nitrogen and oxygen atoms in total. The van der Waals surface area contributed by atoms with Gasteiger partial charge in [0.15, 0.2) is 11.5 Å². The van der Waals surface area contributed by atoms with Crippen LogP contribution in [-0.2, 0) is 5.54 Å². The van der Waals surface area contributed by atoms with Crippen molar-refractivity contribution in [3.8, 4) is 11.5 Å². The van der Waals surface area contributed by atoms with E-state index in [9.17, 15) is 0 Å². The van der Waals surface area contributed by atoms with Gasteiger partial charge in [-0.1, -0.05) is 12.8 Å². The smallest absolute Gasteiger partial charge is 0.161 e. The third kappa shape index (κ3) is 1.91. The van der Waals surface area contributed by atoms with Gasteiger partial charge in [-0.15, -0.1) is 0 Å². The molecular weight excluding hydrogens is 250 g/mol. The summed E-state index contributed by atoms with van der Waals surface area (Å²) in [5.41, 5.74) is 9.25. The van der Waals surface area contributed by atoms with E-state index in [1.165, 1.54) is 36.8 Å². The summed E-state index contributed by atoms with van der Waals surface area (Å²) >= 11 is 0. The van der Waals surface area contributed by atoms with Crippen molar-refractivity contribution in [1.29, 1.82) is 0 Å². The van der Waals surface area contributed by atoms with E-state index in [2.05, 4.69) is 19.1 Å². The topological polar surface area (TPSA) is 44.5 Å². The Labute approximate surface area is 120 Å². The average molecular weight is 273 g/mol. The summed E-state index contributed by atoms with van der Waals surface area (Å²) in [4.78, 5) is 0. The lowest BCUT2D eigenvalue weighted by atomic mass is 9.86. The Morgan fingerprint density at radius 2 is 1.55 bits per heavy atom. The number of aryl methyl sites for hydroxylation is 1. The summed E-state index contributed by atoms with van der Waals surface area (Å²) in [6.07, 6.45) is 7.08. The molecule has 2 fully saturated rings. The van der Waals surface area contributed by atoms with Gasteiger partial charge in [0.1, 0.15) is 0 Å². The van der Waals surface area contributed by atoms with Crippen molar-refractivity contribution >= 4 is 0 Å². The predicted octanol–water partition coefficient (Wildman–Crippen LogP) is 3.27. The van der Waals surface area contributed by atoms with Gasteiger partial charge < -0.3 is 15.2 Å². The van der Waals surface area contributed by atoms with Gasteiger partial charge >= 0.3 is 0 Å². The molecule has 0 aromatic heterocycles. The second-order valence-electron chi connectivity index (χ2n) is 7.05. The van der Waals surface area contributed by atoms with Crippen molar-refractivity contribution in [3.63, 3.8) is 0 Å². The molecule has 2 N–H and O–H groups in total. The Morgan fingerprint density at radius 3 is 2.15 bits per heavy atom. The average Bonchev–Trinajstić information content (AvgIpc) is 3.12. The van der Waals surface area contributed by atoms with Gasteiger partial charge in [0.25, 0.3) is 0 Å². The molecule has 2 saturated carbocycles. The fourth-order valence-corrected chi connectivity index (χ4v) is 3.67. The van der Waals surface area contributed by atoms with E-state index < -0.39 is 0 Å². The summed E-state index contributed by atoms with van der Waals surface area (Å²) in [6.45, 7) is 3.73. The molecule has 0 bridgehead atoms. The number of ether oxygens (including phenoxy) is 2. The standard InChI is InChI=1S/C17H23NO2/c1-12-8-14-15(20-11-16(6-7-16)10-19-14)9-13(12)17(18)4-2-3-5-17/h8-9H,2-7,10-11,18H2,1H3. The molecule has 0 saturated heterocycles. The molecule has 2 aliphatic carbocycles. The fraction of sp³-hybridized carbons (Fsp3) is 0.647. The highest BCUT2D eigenvalue weighted by molar-refractivity contribution is 5.50.